The van der Waals surface area contributed by atoms with Crippen LogP contribution < -0.4 is 5.73 Å². The van der Waals surface area contributed by atoms with E-state index in [0.29, 0.717) is 5.92 Å². The predicted molar refractivity (Wildman–Crippen MR) is 79.6 cm³/mol. The molecule has 1 spiro atoms. The maximum atomic E-state index is 6.48. The van der Waals surface area contributed by atoms with Crippen molar-refractivity contribution in [1.29, 1.82) is 0 Å². The molecule has 1 aromatic carbocycles. The highest BCUT2D eigenvalue weighted by atomic mass is 16.5. The zero-order valence-electron chi connectivity index (χ0n) is 12.1. The van der Waals surface area contributed by atoms with Crippen LogP contribution in [-0.2, 0) is 15.9 Å². The van der Waals surface area contributed by atoms with Gasteiger partial charge in [-0.3, -0.25) is 0 Å². The Kier molecular flexibility index (Phi) is 4.39. The molecule has 20 heavy (non-hydrogen) atoms. The van der Waals surface area contributed by atoms with Crippen molar-refractivity contribution in [3.05, 3.63) is 35.9 Å². The fourth-order valence-corrected chi connectivity index (χ4v) is 3.58. The van der Waals surface area contributed by atoms with Crippen LogP contribution in [0.4, 0.5) is 0 Å². The predicted octanol–water partition coefficient (Wildman–Crippen LogP) is 2.53. The Hall–Kier alpha value is -0.900. The monoisotopic (exact) mass is 275 g/mol. The van der Waals surface area contributed by atoms with Crippen LogP contribution in [-0.4, -0.2) is 31.5 Å². The van der Waals surface area contributed by atoms with Crippen LogP contribution in [0, 0.1) is 5.92 Å². The highest BCUT2D eigenvalue weighted by Gasteiger charge is 2.40. The van der Waals surface area contributed by atoms with Gasteiger partial charge in [0.15, 0.2) is 0 Å². The van der Waals surface area contributed by atoms with Crippen LogP contribution in [0.1, 0.15) is 31.2 Å². The standard InChI is InChI=1S/C17H25NO2/c18-16(12-14-4-2-1-3-5-14)15-6-9-20-17(13-15)7-10-19-11-8-17/h1-5,15-16H,6-13,18H2. The van der Waals surface area contributed by atoms with Crippen molar-refractivity contribution in [3.63, 3.8) is 0 Å². The summed E-state index contributed by atoms with van der Waals surface area (Å²) in [6, 6.07) is 10.8. The molecule has 2 unspecified atom stereocenters. The maximum absolute atomic E-state index is 6.48. The van der Waals surface area contributed by atoms with Crippen molar-refractivity contribution in [1.82, 2.24) is 0 Å². The molecule has 1 aromatic rings. The Balaban J connectivity index is 1.61. The van der Waals surface area contributed by atoms with Crippen LogP contribution in [0.25, 0.3) is 0 Å². The Morgan fingerprint density at radius 3 is 2.65 bits per heavy atom. The Labute approximate surface area is 121 Å². The van der Waals surface area contributed by atoms with Gasteiger partial charge in [-0.2, -0.15) is 0 Å². The van der Waals surface area contributed by atoms with Crippen LogP contribution in [0.5, 0.6) is 0 Å². The van der Waals surface area contributed by atoms with E-state index in [1.165, 1.54) is 5.56 Å². The summed E-state index contributed by atoms with van der Waals surface area (Å²) in [6.45, 7) is 2.52. The molecular weight excluding hydrogens is 250 g/mol. The van der Waals surface area contributed by atoms with Crippen LogP contribution in [0.3, 0.4) is 0 Å². The van der Waals surface area contributed by atoms with Crippen molar-refractivity contribution >= 4 is 0 Å². The molecular formula is C17H25NO2. The van der Waals surface area contributed by atoms with E-state index in [1.807, 2.05) is 0 Å². The molecule has 2 aliphatic heterocycles. The second-order valence-electron chi connectivity index (χ2n) is 6.25. The first-order chi connectivity index (χ1) is 9.77. The fourth-order valence-electron chi connectivity index (χ4n) is 3.58. The number of benzene rings is 1. The van der Waals surface area contributed by atoms with E-state index in [0.717, 1.165) is 51.9 Å². The lowest BCUT2D eigenvalue weighted by Crippen LogP contribution is -2.48. The minimum Gasteiger partial charge on any atom is -0.381 e. The minimum atomic E-state index is 0.0511. The third-order valence-electron chi connectivity index (χ3n) is 4.85. The van der Waals surface area contributed by atoms with Gasteiger partial charge in [0.2, 0.25) is 0 Å². The van der Waals surface area contributed by atoms with Gasteiger partial charge in [0.1, 0.15) is 0 Å². The second-order valence-corrected chi connectivity index (χ2v) is 6.25. The van der Waals surface area contributed by atoms with Gasteiger partial charge in [0, 0.05) is 25.9 Å². The summed E-state index contributed by atoms with van der Waals surface area (Å²) in [5, 5.41) is 0. The van der Waals surface area contributed by atoms with Crippen molar-refractivity contribution in [2.24, 2.45) is 11.7 Å². The van der Waals surface area contributed by atoms with Gasteiger partial charge in [0.25, 0.3) is 0 Å². The molecule has 2 saturated heterocycles. The van der Waals surface area contributed by atoms with E-state index >= 15 is 0 Å². The number of hydrogen-bond donors (Lipinski definition) is 1. The lowest BCUT2D eigenvalue weighted by atomic mass is 9.77. The molecule has 2 fully saturated rings. The van der Waals surface area contributed by atoms with E-state index in [1.54, 1.807) is 0 Å². The van der Waals surface area contributed by atoms with E-state index in [9.17, 15) is 0 Å². The highest BCUT2D eigenvalue weighted by molar-refractivity contribution is 5.16. The van der Waals surface area contributed by atoms with Crippen molar-refractivity contribution in [3.8, 4) is 0 Å². The molecule has 0 bridgehead atoms. The summed E-state index contributed by atoms with van der Waals surface area (Å²) < 4.78 is 11.6. The van der Waals surface area contributed by atoms with Crippen LogP contribution in [0.2, 0.25) is 0 Å². The van der Waals surface area contributed by atoms with Crippen LogP contribution in [0.15, 0.2) is 30.3 Å². The first-order valence-electron chi connectivity index (χ1n) is 7.79. The van der Waals surface area contributed by atoms with E-state index in [2.05, 4.69) is 30.3 Å². The van der Waals surface area contributed by atoms with E-state index in [-0.39, 0.29) is 11.6 Å². The van der Waals surface area contributed by atoms with Gasteiger partial charge in [-0.05, 0) is 43.6 Å². The topological polar surface area (TPSA) is 44.5 Å². The Morgan fingerprint density at radius 2 is 1.90 bits per heavy atom. The molecule has 0 saturated carbocycles. The molecule has 2 N–H and O–H groups in total. The highest BCUT2D eigenvalue weighted by Crippen LogP contribution is 2.38. The van der Waals surface area contributed by atoms with Crippen molar-refractivity contribution in [2.45, 2.75) is 43.7 Å². The lowest BCUT2D eigenvalue weighted by Gasteiger charge is -2.44. The normalized spacial score (nSPS) is 27.4. The Morgan fingerprint density at radius 1 is 1.15 bits per heavy atom. The average Bonchev–Trinajstić information content (AvgIpc) is 2.49. The van der Waals surface area contributed by atoms with Crippen molar-refractivity contribution in [2.75, 3.05) is 19.8 Å². The zero-order valence-corrected chi connectivity index (χ0v) is 12.1. The van der Waals surface area contributed by atoms with E-state index in [4.69, 9.17) is 15.2 Å². The minimum absolute atomic E-state index is 0.0511. The molecule has 0 radical (unpaired) electrons. The van der Waals surface area contributed by atoms with Gasteiger partial charge in [0.05, 0.1) is 5.60 Å². The van der Waals surface area contributed by atoms with Gasteiger partial charge < -0.3 is 15.2 Å². The van der Waals surface area contributed by atoms with Gasteiger partial charge in [-0.15, -0.1) is 0 Å². The quantitative estimate of drug-likeness (QED) is 0.922. The third kappa shape index (κ3) is 3.22. The smallest absolute Gasteiger partial charge is 0.0729 e. The SMILES string of the molecule is NC(Cc1ccccc1)C1CCOC2(CCOCC2)C1. The van der Waals surface area contributed by atoms with E-state index < -0.39 is 0 Å². The first-order valence-corrected chi connectivity index (χ1v) is 7.79. The lowest BCUT2D eigenvalue weighted by molar-refractivity contribution is -0.149. The summed E-state index contributed by atoms with van der Waals surface area (Å²) in [5.41, 5.74) is 7.87. The number of rotatable bonds is 3. The van der Waals surface area contributed by atoms with Gasteiger partial charge in [-0.1, -0.05) is 30.3 Å². The molecule has 0 aliphatic carbocycles. The maximum Gasteiger partial charge on any atom is 0.0729 e. The third-order valence-corrected chi connectivity index (χ3v) is 4.85. The number of nitrogens with two attached hydrogens (primary N) is 1. The summed E-state index contributed by atoms with van der Waals surface area (Å²) >= 11 is 0. The first kappa shape index (κ1) is 14.1. The summed E-state index contributed by atoms with van der Waals surface area (Å²) in [7, 11) is 0. The molecule has 0 aromatic heterocycles. The largest absolute Gasteiger partial charge is 0.381 e. The summed E-state index contributed by atoms with van der Waals surface area (Å²) in [6.07, 6.45) is 5.22. The molecule has 2 aliphatic rings. The summed E-state index contributed by atoms with van der Waals surface area (Å²) in [4.78, 5) is 0. The van der Waals surface area contributed by atoms with Crippen LogP contribution >= 0.6 is 0 Å². The number of hydrogen-bond acceptors (Lipinski definition) is 3. The molecule has 3 nitrogen and oxygen atoms in total. The Bertz CT molecular complexity index is 409. The molecule has 2 heterocycles. The van der Waals surface area contributed by atoms with Crippen molar-refractivity contribution < 1.29 is 9.47 Å². The number of ether oxygens (including phenoxy) is 2. The zero-order chi connectivity index (χ0) is 13.8. The molecule has 0 amide bonds. The van der Waals surface area contributed by atoms with Gasteiger partial charge >= 0.3 is 0 Å². The molecule has 110 valence electrons. The fraction of sp³-hybridized carbons (Fsp3) is 0.647. The molecule has 3 heteroatoms. The molecule has 2 atom stereocenters. The summed E-state index contributed by atoms with van der Waals surface area (Å²) in [5.74, 6) is 0.571. The van der Waals surface area contributed by atoms with Gasteiger partial charge in [-0.25, -0.2) is 0 Å². The average molecular weight is 275 g/mol. The second kappa shape index (κ2) is 6.25. The molecule has 3 rings (SSSR count).